The first-order valence-corrected chi connectivity index (χ1v) is 7.11. The van der Waals surface area contributed by atoms with E-state index in [-0.39, 0.29) is 6.61 Å². The van der Waals surface area contributed by atoms with Crippen LogP contribution in [0.25, 0.3) is 0 Å². The van der Waals surface area contributed by atoms with Crippen molar-refractivity contribution in [2.45, 2.75) is 38.9 Å². The van der Waals surface area contributed by atoms with Crippen LogP contribution in [0.1, 0.15) is 31.7 Å². The molecule has 1 aliphatic rings. The van der Waals surface area contributed by atoms with Gasteiger partial charge in [0.05, 0.1) is 0 Å². The van der Waals surface area contributed by atoms with E-state index in [2.05, 4.69) is 0 Å². The number of carboxylic acid groups (broad SMARTS) is 1. The van der Waals surface area contributed by atoms with Gasteiger partial charge in [0.15, 0.2) is 0 Å². The molecule has 2 rings (SSSR count). The molecule has 0 radical (unpaired) electrons. The van der Waals surface area contributed by atoms with Crippen molar-refractivity contribution in [3.63, 3.8) is 0 Å². The average Bonchev–Trinajstić information content (AvgIpc) is 2.44. The molecule has 0 spiro atoms. The molecule has 0 aromatic heterocycles. The van der Waals surface area contributed by atoms with E-state index in [1.165, 1.54) is 6.92 Å². The summed E-state index contributed by atoms with van der Waals surface area (Å²) in [6.07, 6.45) is 1.03. The first-order chi connectivity index (χ1) is 10.5. The predicted octanol–water partition coefficient (Wildman–Crippen LogP) is 1.92. The molecule has 1 fully saturated rings. The highest BCUT2D eigenvalue weighted by molar-refractivity contribution is 6.28. The lowest BCUT2D eigenvalue weighted by Crippen LogP contribution is -2.49. The molecule has 1 N–H and O–H groups in total. The highest BCUT2D eigenvalue weighted by atomic mass is 16.6. The Balaban J connectivity index is 1.98. The third kappa shape index (κ3) is 3.27. The summed E-state index contributed by atoms with van der Waals surface area (Å²) in [5.74, 6) is -3.47. The third-order valence-corrected chi connectivity index (χ3v) is 4.10. The summed E-state index contributed by atoms with van der Waals surface area (Å²) >= 11 is 0. The van der Waals surface area contributed by atoms with Crippen LogP contribution in [0.4, 0.5) is 0 Å². The Hall–Kier alpha value is -2.37. The molecule has 1 aliphatic carbocycles. The van der Waals surface area contributed by atoms with Gasteiger partial charge in [-0.05, 0) is 25.3 Å². The number of benzene rings is 1. The number of hydrogen-bond donors (Lipinski definition) is 1. The number of aliphatic carboxylic acids is 1. The zero-order valence-corrected chi connectivity index (χ0v) is 12.3. The summed E-state index contributed by atoms with van der Waals surface area (Å²) in [7, 11) is 0. The number of carbonyl (C=O) groups is 3. The molecular formula is C16H18O6. The number of carbonyl (C=O) groups excluding carboxylic acids is 2. The maximum atomic E-state index is 12.4. The van der Waals surface area contributed by atoms with E-state index in [9.17, 15) is 14.4 Å². The Morgan fingerprint density at radius 2 is 1.86 bits per heavy atom. The number of rotatable bonds is 5. The fourth-order valence-corrected chi connectivity index (χ4v) is 2.52. The van der Waals surface area contributed by atoms with Gasteiger partial charge in [-0.1, -0.05) is 36.8 Å². The quantitative estimate of drug-likeness (QED) is 0.660. The van der Waals surface area contributed by atoms with E-state index in [1.807, 2.05) is 30.3 Å². The molecule has 0 aliphatic heterocycles. The first kappa shape index (κ1) is 16.0. The second-order valence-corrected chi connectivity index (χ2v) is 5.42. The van der Waals surface area contributed by atoms with E-state index in [1.54, 1.807) is 0 Å². The molecule has 6 heteroatoms. The topological polar surface area (TPSA) is 89.9 Å². The maximum Gasteiger partial charge on any atom is 0.417 e. The Morgan fingerprint density at radius 3 is 2.36 bits per heavy atom. The van der Waals surface area contributed by atoms with Crippen molar-refractivity contribution in [1.82, 2.24) is 0 Å². The number of carboxylic acids is 1. The van der Waals surface area contributed by atoms with Crippen molar-refractivity contribution in [3.05, 3.63) is 35.9 Å². The third-order valence-electron chi connectivity index (χ3n) is 4.10. The molecule has 1 aromatic rings. The van der Waals surface area contributed by atoms with E-state index in [0.717, 1.165) is 12.0 Å². The fraction of sp³-hybridized carbons (Fsp3) is 0.438. The van der Waals surface area contributed by atoms with Crippen LogP contribution in [0.15, 0.2) is 30.3 Å². The van der Waals surface area contributed by atoms with Crippen LogP contribution in [-0.4, -0.2) is 29.1 Å². The van der Waals surface area contributed by atoms with Gasteiger partial charge < -0.3 is 14.6 Å². The van der Waals surface area contributed by atoms with Gasteiger partial charge >= 0.3 is 17.9 Å². The molecule has 0 heterocycles. The van der Waals surface area contributed by atoms with E-state index >= 15 is 0 Å². The minimum Gasteiger partial charge on any atom is -0.473 e. The molecule has 118 valence electrons. The van der Waals surface area contributed by atoms with Crippen LogP contribution >= 0.6 is 0 Å². The summed E-state index contributed by atoms with van der Waals surface area (Å²) < 4.78 is 10.2. The van der Waals surface area contributed by atoms with Gasteiger partial charge in [0.25, 0.3) is 0 Å². The van der Waals surface area contributed by atoms with Gasteiger partial charge in [-0.25, -0.2) is 9.59 Å². The molecular weight excluding hydrogens is 288 g/mol. The van der Waals surface area contributed by atoms with E-state index in [0.29, 0.717) is 12.8 Å². The first-order valence-electron chi connectivity index (χ1n) is 7.11. The van der Waals surface area contributed by atoms with Crippen LogP contribution in [0.2, 0.25) is 0 Å². The van der Waals surface area contributed by atoms with Crippen molar-refractivity contribution >= 4 is 17.9 Å². The van der Waals surface area contributed by atoms with Gasteiger partial charge in [-0.3, -0.25) is 4.79 Å². The van der Waals surface area contributed by atoms with Crippen LogP contribution < -0.4 is 0 Å². The SMILES string of the molecule is CC(OC(=O)C(=O)O)C1(C(=O)OCc2ccccc2)CCC1. The minimum atomic E-state index is -1.67. The Kier molecular flexibility index (Phi) is 4.80. The lowest BCUT2D eigenvalue weighted by Gasteiger charge is -2.42. The standard InChI is InChI=1S/C16H18O6/c1-11(22-14(19)13(17)18)16(8-5-9-16)15(20)21-10-12-6-3-2-4-7-12/h2-4,6-7,11H,5,8-10H2,1H3,(H,17,18). The van der Waals surface area contributed by atoms with Gasteiger partial charge in [0.2, 0.25) is 0 Å². The van der Waals surface area contributed by atoms with Gasteiger partial charge in [0, 0.05) is 0 Å². The zero-order chi connectivity index (χ0) is 16.2. The number of esters is 2. The largest absolute Gasteiger partial charge is 0.473 e. The monoisotopic (exact) mass is 306 g/mol. The molecule has 1 atom stereocenters. The van der Waals surface area contributed by atoms with Crippen LogP contribution in [0, 0.1) is 5.41 Å². The minimum absolute atomic E-state index is 0.140. The predicted molar refractivity (Wildman–Crippen MR) is 75.7 cm³/mol. The Labute approximate surface area is 128 Å². The molecule has 0 saturated heterocycles. The normalized spacial score (nSPS) is 17.0. The van der Waals surface area contributed by atoms with Crippen LogP contribution in [-0.2, 0) is 30.5 Å². The van der Waals surface area contributed by atoms with Crippen molar-refractivity contribution in [2.24, 2.45) is 5.41 Å². The van der Waals surface area contributed by atoms with Gasteiger partial charge in [-0.15, -0.1) is 0 Å². The number of ether oxygens (including phenoxy) is 2. The Bertz CT molecular complexity index is 561. The zero-order valence-electron chi connectivity index (χ0n) is 12.3. The summed E-state index contributed by atoms with van der Waals surface area (Å²) in [4.78, 5) is 34.1. The van der Waals surface area contributed by atoms with Gasteiger partial charge in [0.1, 0.15) is 18.1 Å². The molecule has 1 saturated carbocycles. The van der Waals surface area contributed by atoms with Crippen LogP contribution in [0.3, 0.4) is 0 Å². The molecule has 1 unspecified atom stereocenters. The summed E-state index contributed by atoms with van der Waals surface area (Å²) in [5, 5.41) is 8.59. The number of hydrogen-bond acceptors (Lipinski definition) is 5. The second-order valence-electron chi connectivity index (χ2n) is 5.42. The molecule has 0 amide bonds. The smallest absolute Gasteiger partial charge is 0.417 e. The lowest BCUT2D eigenvalue weighted by molar-refractivity contribution is -0.186. The highest BCUT2D eigenvalue weighted by Crippen LogP contribution is 2.46. The lowest BCUT2D eigenvalue weighted by atomic mass is 9.65. The fourth-order valence-electron chi connectivity index (χ4n) is 2.52. The highest BCUT2D eigenvalue weighted by Gasteiger charge is 2.52. The second kappa shape index (κ2) is 6.60. The van der Waals surface area contributed by atoms with Crippen molar-refractivity contribution in [1.29, 1.82) is 0 Å². The molecule has 1 aromatic carbocycles. The van der Waals surface area contributed by atoms with Crippen LogP contribution in [0.5, 0.6) is 0 Å². The van der Waals surface area contributed by atoms with E-state index in [4.69, 9.17) is 14.6 Å². The maximum absolute atomic E-state index is 12.4. The van der Waals surface area contributed by atoms with Crippen molar-refractivity contribution in [2.75, 3.05) is 0 Å². The van der Waals surface area contributed by atoms with E-state index < -0.39 is 29.4 Å². The summed E-state index contributed by atoms with van der Waals surface area (Å²) in [5.41, 5.74) is -0.0691. The molecule has 6 nitrogen and oxygen atoms in total. The summed E-state index contributed by atoms with van der Waals surface area (Å²) in [6.45, 7) is 1.67. The van der Waals surface area contributed by atoms with Gasteiger partial charge in [-0.2, -0.15) is 0 Å². The summed E-state index contributed by atoms with van der Waals surface area (Å²) in [6, 6.07) is 9.24. The molecule has 22 heavy (non-hydrogen) atoms. The Morgan fingerprint density at radius 1 is 1.23 bits per heavy atom. The van der Waals surface area contributed by atoms with Crippen molar-refractivity contribution in [3.8, 4) is 0 Å². The van der Waals surface area contributed by atoms with Crippen molar-refractivity contribution < 1.29 is 29.0 Å². The average molecular weight is 306 g/mol. The molecule has 0 bridgehead atoms.